The van der Waals surface area contributed by atoms with Crippen LogP contribution < -0.4 is 0 Å². The fraction of sp³-hybridized carbons (Fsp3) is 0.474. The summed E-state index contributed by atoms with van der Waals surface area (Å²) in [6.45, 7) is 44.2. The molecule has 0 saturated heterocycles. The van der Waals surface area contributed by atoms with Gasteiger partial charge < -0.3 is 0 Å². The van der Waals surface area contributed by atoms with Crippen molar-refractivity contribution >= 4 is 5.57 Å². The molecule has 0 amide bonds. The zero-order valence-electron chi connectivity index (χ0n) is 25.8. The highest BCUT2D eigenvalue weighted by atomic mass is 14.7. The quantitative estimate of drug-likeness (QED) is 0.336. The van der Waals surface area contributed by atoms with Gasteiger partial charge in [0.2, 0.25) is 0 Å². The van der Waals surface area contributed by atoms with Crippen molar-refractivity contribution in [3.8, 4) is 0 Å². The van der Waals surface area contributed by atoms with Crippen LogP contribution in [0.25, 0.3) is 5.57 Å². The van der Waals surface area contributed by atoms with E-state index >= 15 is 0 Å². The number of fused-ring (bicyclic) bond motifs is 3. The van der Waals surface area contributed by atoms with Crippen molar-refractivity contribution in [2.24, 2.45) is 22.2 Å². The first kappa shape index (κ1) is 28.4. The second kappa shape index (κ2) is 9.25. The summed E-state index contributed by atoms with van der Waals surface area (Å²) < 4.78 is 0. The Hall–Kier alpha value is -2.60. The van der Waals surface area contributed by atoms with E-state index in [1.54, 1.807) is 0 Å². The van der Waals surface area contributed by atoms with Gasteiger partial charge in [0.15, 0.2) is 0 Å². The minimum absolute atomic E-state index is 0.0164. The van der Waals surface area contributed by atoms with Crippen molar-refractivity contribution in [3.63, 3.8) is 0 Å². The van der Waals surface area contributed by atoms with Gasteiger partial charge in [-0.05, 0) is 117 Å². The Labute approximate surface area is 233 Å². The maximum absolute atomic E-state index is 4.84. The summed E-state index contributed by atoms with van der Waals surface area (Å²) in [6, 6.07) is 6.82. The fourth-order valence-electron chi connectivity index (χ4n) is 9.11. The third-order valence-corrected chi connectivity index (χ3v) is 11.4. The normalized spacial score (nSPS) is 32.6. The molecule has 3 aliphatic rings. The number of hydrogen-bond acceptors (Lipinski definition) is 0. The lowest BCUT2D eigenvalue weighted by molar-refractivity contribution is -0.0371. The van der Waals surface area contributed by atoms with Crippen molar-refractivity contribution in [3.05, 3.63) is 112 Å². The number of benzene rings is 1. The smallest absolute Gasteiger partial charge is 0.0197 e. The van der Waals surface area contributed by atoms with Crippen LogP contribution in [0.5, 0.6) is 0 Å². The summed E-state index contributed by atoms with van der Waals surface area (Å²) in [4.78, 5) is 0. The minimum Gasteiger partial charge on any atom is -0.100 e. The lowest BCUT2D eigenvalue weighted by Gasteiger charge is -2.67. The van der Waals surface area contributed by atoms with Gasteiger partial charge in [-0.15, -0.1) is 6.58 Å². The van der Waals surface area contributed by atoms with Crippen LogP contribution in [0.4, 0.5) is 0 Å². The topological polar surface area (TPSA) is 0 Å². The molecule has 3 aliphatic carbocycles. The molecule has 202 valence electrons. The van der Waals surface area contributed by atoms with E-state index in [0.29, 0.717) is 11.8 Å². The maximum Gasteiger partial charge on any atom is 0.0197 e. The van der Waals surface area contributed by atoms with E-state index in [1.165, 1.54) is 61.3 Å². The van der Waals surface area contributed by atoms with Crippen LogP contribution in [-0.4, -0.2) is 0 Å². The highest BCUT2D eigenvalue weighted by Gasteiger charge is 2.66. The molecular formula is C38H50. The average molecular weight is 507 g/mol. The summed E-state index contributed by atoms with van der Waals surface area (Å²) >= 11 is 0. The molecule has 1 aromatic carbocycles. The zero-order valence-corrected chi connectivity index (χ0v) is 25.8. The largest absolute Gasteiger partial charge is 0.100 e. The molecule has 0 fully saturated rings. The van der Waals surface area contributed by atoms with Crippen molar-refractivity contribution in [1.29, 1.82) is 0 Å². The predicted molar refractivity (Wildman–Crippen MR) is 168 cm³/mol. The van der Waals surface area contributed by atoms with Gasteiger partial charge in [0.05, 0.1) is 0 Å². The van der Waals surface area contributed by atoms with E-state index in [-0.39, 0.29) is 16.2 Å². The molecule has 0 aromatic heterocycles. The second-order valence-electron chi connectivity index (χ2n) is 13.6. The highest BCUT2D eigenvalue weighted by molar-refractivity contribution is 5.87. The van der Waals surface area contributed by atoms with Gasteiger partial charge in [-0.25, -0.2) is 0 Å². The highest BCUT2D eigenvalue weighted by Crippen LogP contribution is 2.75. The molecule has 0 heterocycles. The summed E-state index contributed by atoms with van der Waals surface area (Å²) in [6.07, 6.45) is 4.07. The van der Waals surface area contributed by atoms with Crippen molar-refractivity contribution in [2.45, 2.75) is 93.9 Å². The Bertz CT molecular complexity index is 1350. The predicted octanol–water partition coefficient (Wildman–Crippen LogP) is 11.2. The molecule has 1 aromatic rings. The molecule has 5 atom stereocenters. The van der Waals surface area contributed by atoms with Crippen LogP contribution >= 0.6 is 0 Å². The van der Waals surface area contributed by atoms with E-state index in [2.05, 4.69) is 100 Å². The monoisotopic (exact) mass is 506 g/mol. The van der Waals surface area contributed by atoms with Gasteiger partial charge in [-0.2, -0.15) is 0 Å². The molecule has 0 radical (unpaired) electrons. The van der Waals surface area contributed by atoms with Gasteiger partial charge in [-0.1, -0.05) is 100 Å². The lowest BCUT2D eigenvalue weighted by atomic mass is 9.36. The van der Waals surface area contributed by atoms with Gasteiger partial charge in [-0.3, -0.25) is 0 Å². The lowest BCUT2D eigenvalue weighted by Crippen LogP contribution is -2.59. The molecule has 0 unspecified atom stereocenters. The van der Waals surface area contributed by atoms with Crippen LogP contribution in [0.2, 0.25) is 0 Å². The molecule has 0 spiro atoms. The molecule has 0 bridgehead atoms. The van der Waals surface area contributed by atoms with E-state index in [9.17, 15) is 0 Å². The molecule has 0 N–H and O–H groups in total. The SMILES string of the molecule is C=C(C)CCC(=C)C[C@@H]1[C@]2(C)C(=C(C)[C@@]3(C)C(=C)C(C(=C)C)=C(C)C[C@@]13C)C(=C)c1c(C)cccc1[C@H]2C. The molecular weight excluding hydrogens is 456 g/mol. The van der Waals surface area contributed by atoms with E-state index in [1.807, 2.05) is 0 Å². The summed E-state index contributed by atoms with van der Waals surface area (Å²) in [7, 11) is 0. The van der Waals surface area contributed by atoms with Gasteiger partial charge >= 0.3 is 0 Å². The van der Waals surface area contributed by atoms with Gasteiger partial charge in [0.1, 0.15) is 0 Å². The van der Waals surface area contributed by atoms with Crippen LogP contribution in [-0.2, 0) is 0 Å². The Morgan fingerprint density at radius 2 is 1.61 bits per heavy atom. The van der Waals surface area contributed by atoms with E-state index in [4.69, 9.17) is 13.2 Å². The molecule has 0 nitrogen and oxygen atoms in total. The second-order valence-corrected chi connectivity index (χ2v) is 13.6. The van der Waals surface area contributed by atoms with Gasteiger partial charge in [0.25, 0.3) is 0 Å². The molecule has 0 aliphatic heterocycles. The van der Waals surface area contributed by atoms with Gasteiger partial charge in [0, 0.05) is 10.8 Å². The number of hydrogen-bond donors (Lipinski definition) is 0. The van der Waals surface area contributed by atoms with E-state index < -0.39 is 0 Å². The third-order valence-electron chi connectivity index (χ3n) is 11.4. The van der Waals surface area contributed by atoms with Crippen molar-refractivity contribution < 1.29 is 0 Å². The van der Waals surface area contributed by atoms with Crippen LogP contribution in [0.3, 0.4) is 0 Å². The van der Waals surface area contributed by atoms with Crippen LogP contribution in [0.15, 0.2) is 95.7 Å². The first-order valence-electron chi connectivity index (χ1n) is 14.4. The van der Waals surface area contributed by atoms with Crippen LogP contribution in [0.1, 0.15) is 104 Å². The Balaban J connectivity index is 2.07. The molecule has 0 saturated carbocycles. The first-order chi connectivity index (χ1) is 17.5. The minimum atomic E-state index is -0.197. The summed E-state index contributed by atoms with van der Waals surface area (Å²) in [5.41, 5.74) is 15.6. The Morgan fingerprint density at radius 1 is 0.974 bits per heavy atom. The van der Waals surface area contributed by atoms with Crippen molar-refractivity contribution in [1.82, 2.24) is 0 Å². The standard InChI is InChI=1S/C38H50/c1-22(2)18-19-24(5)20-32-36(12)21-26(7)33(23(3)4)29(10)38(36,14)30(11)35-27(8)34-25(6)16-15-17-31(34)28(9)37(32,35)13/h15-17,28,32H,1,3,5,8,10,18-21H2,2,4,6-7,9,11-14H3/t28-,32+,36+,37-,38-/m1/s1. The fourth-order valence-corrected chi connectivity index (χ4v) is 9.11. The average Bonchev–Trinajstić information content (AvgIpc) is 2.81. The molecule has 38 heavy (non-hydrogen) atoms. The number of aryl methyl sites for hydroxylation is 1. The van der Waals surface area contributed by atoms with Crippen LogP contribution in [0, 0.1) is 29.1 Å². The Kier molecular flexibility index (Phi) is 6.92. The number of rotatable bonds is 6. The summed E-state index contributed by atoms with van der Waals surface area (Å²) in [5.74, 6) is 0.753. The maximum atomic E-state index is 4.84. The first-order valence-corrected chi connectivity index (χ1v) is 14.4. The number of allylic oxidation sites excluding steroid dienone is 9. The summed E-state index contributed by atoms with van der Waals surface area (Å²) in [5, 5.41) is 0. The third kappa shape index (κ3) is 3.62. The van der Waals surface area contributed by atoms with E-state index in [0.717, 1.165) is 31.3 Å². The zero-order chi connectivity index (χ0) is 28.5. The Morgan fingerprint density at radius 3 is 2.18 bits per heavy atom. The molecule has 0 heteroatoms. The molecule has 4 rings (SSSR count). The van der Waals surface area contributed by atoms with Crippen molar-refractivity contribution in [2.75, 3.05) is 0 Å².